The molecule has 6 nitrogen and oxygen atoms in total. The van der Waals surface area contributed by atoms with E-state index >= 15 is 0 Å². The summed E-state index contributed by atoms with van der Waals surface area (Å²) in [7, 11) is 0. The predicted octanol–water partition coefficient (Wildman–Crippen LogP) is 6.05. The van der Waals surface area contributed by atoms with Crippen molar-refractivity contribution in [2.24, 2.45) is 5.92 Å². The number of carbonyl (C=O) groups excluding carboxylic acids is 2. The van der Waals surface area contributed by atoms with Crippen LogP contribution in [0.5, 0.6) is 5.75 Å². The second kappa shape index (κ2) is 15.6. The monoisotopic (exact) mass is 536 g/mol. The minimum Gasteiger partial charge on any atom is -0.508 e. The van der Waals surface area contributed by atoms with Gasteiger partial charge in [0.1, 0.15) is 17.6 Å². The first-order valence-corrected chi connectivity index (χ1v) is 13.7. The fraction of sp³-hybridized carbons (Fsp3) is 0.375. The largest absolute Gasteiger partial charge is 0.508 e. The van der Waals surface area contributed by atoms with Gasteiger partial charge in [0.15, 0.2) is 0 Å². The maximum Gasteiger partial charge on any atom is 0.247 e. The van der Waals surface area contributed by atoms with Gasteiger partial charge in [-0.2, -0.15) is 0 Å². The van der Waals surface area contributed by atoms with E-state index in [4.69, 9.17) is 4.74 Å². The van der Waals surface area contributed by atoms with Crippen LogP contribution in [0.2, 0.25) is 0 Å². The molecule has 3 aromatic carbocycles. The van der Waals surface area contributed by atoms with Crippen molar-refractivity contribution in [3.8, 4) is 5.75 Å². The van der Waals surface area contributed by atoms with Gasteiger partial charge in [0.25, 0.3) is 0 Å². The van der Waals surface area contributed by atoms with Gasteiger partial charge in [-0.25, -0.2) is 4.39 Å². The van der Waals surface area contributed by atoms with Crippen molar-refractivity contribution >= 4 is 11.8 Å². The van der Waals surface area contributed by atoms with Crippen LogP contribution in [0.25, 0.3) is 0 Å². The zero-order chi connectivity index (χ0) is 28.0. The van der Waals surface area contributed by atoms with E-state index in [-0.39, 0.29) is 43.7 Å². The summed E-state index contributed by atoms with van der Waals surface area (Å²) in [5.74, 6) is -0.300. The van der Waals surface area contributed by atoms with Crippen LogP contribution < -0.4 is 5.32 Å². The number of nitrogens with zero attached hydrogens (tertiary/aromatic N) is 1. The second-order valence-corrected chi connectivity index (χ2v) is 9.43. The Kier molecular flexibility index (Phi) is 12.0. The van der Waals surface area contributed by atoms with Crippen molar-refractivity contribution in [3.63, 3.8) is 0 Å². The maximum atomic E-state index is 13.7. The number of aromatic hydroxyl groups is 1. The number of ether oxygens (including phenoxy) is 1. The molecule has 1 aliphatic heterocycles. The summed E-state index contributed by atoms with van der Waals surface area (Å²) in [6, 6.07) is 21.4. The predicted molar refractivity (Wildman–Crippen MR) is 153 cm³/mol. The lowest BCUT2D eigenvalue weighted by Crippen LogP contribution is -2.46. The Morgan fingerprint density at radius 2 is 1.59 bits per heavy atom. The lowest BCUT2D eigenvalue weighted by molar-refractivity contribution is -0.142. The van der Waals surface area contributed by atoms with Crippen LogP contribution in [0.1, 0.15) is 57.3 Å². The van der Waals surface area contributed by atoms with Crippen molar-refractivity contribution < 1.29 is 25.2 Å². The molecule has 2 amide bonds. The average molecular weight is 537 g/mol. The molecule has 0 bridgehead atoms. The Balaban J connectivity index is 0.00000183. The van der Waals surface area contributed by atoms with Crippen LogP contribution in [-0.4, -0.2) is 41.6 Å². The third kappa shape index (κ3) is 9.21. The van der Waals surface area contributed by atoms with Crippen molar-refractivity contribution in [3.05, 3.63) is 101 Å². The van der Waals surface area contributed by atoms with Crippen molar-refractivity contribution in [2.75, 3.05) is 19.8 Å². The van der Waals surface area contributed by atoms with E-state index in [9.17, 15) is 19.1 Å². The number of carbonyl (C=O) groups is 2. The number of phenolic OH excluding ortho intramolecular Hbond substituents is 1. The molecule has 0 aliphatic carbocycles. The molecule has 1 saturated heterocycles. The molecular weight excluding hydrogens is 495 g/mol. The number of rotatable bonds is 10. The molecule has 0 aromatic heterocycles. The van der Waals surface area contributed by atoms with E-state index in [0.717, 1.165) is 29.5 Å². The number of halogens is 1. The van der Waals surface area contributed by atoms with E-state index in [1.807, 2.05) is 44.2 Å². The summed E-state index contributed by atoms with van der Waals surface area (Å²) >= 11 is 0. The molecule has 1 unspecified atom stereocenters. The van der Waals surface area contributed by atoms with Crippen LogP contribution in [0.4, 0.5) is 4.39 Å². The van der Waals surface area contributed by atoms with Crippen LogP contribution in [-0.2, 0) is 27.3 Å². The zero-order valence-electron chi connectivity index (χ0n) is 22.8. The van der Waals surface area contributed by atoms with Gasteiger partial charge in [0.05, 0.1) is 0 Å². The molecule has 2 N–H and O–H groups in total. The smallest absolute Gasteiger partial charge is 0.247 e. The maximum absolute atomic E-state index is 13.7. The van der Waals surface area contributed by atoms with E-state index in [1.54, 1.807) is 41.3 Å². The van der Waals surface area contributed by atoms with Gasteiger partial charge in [-0.1, -0.05) is 68.4 Å². The number of phenols is 1. The van der Waals surface area contributed by atoms with Gasteiger partial charge in [0.2, 0.25) is 11.8 Å². The Hall–Kier alpha value is -3.71. The molecule has 1 heterocycles. The molecule has 1 atom stereocenters. The van der Waals surface area contributed by atoms with E-state index in [0.29, 0.717) is 26.2 Å². The lowest BCUT2D eigenvalue weighted by atomic mass is 9.96. The van der Waals surface area contributed by atoms with Crippen molar-refractivity contribution in [1.29, 1.82) is 0 Å². The molecule has 3 aromatic rings. The minimum absolute atomic E-state index is 0. The van der Waals surface area contributed by atoms with Gasteiger partial charge in [-0.05, 0) is 66.1 Å². The Morgan fingerprint density at radius 3 is 2.23 bits per heavy atom. The number of benzene rings is 3. The molecule has 0 saturated carbocycles. The molecule has 210 valence electrons. The van der Waals surface area contributed by atoms with Crippen LogP contribution in [0.3, 0.4) is 0 Å². The summed E-state index contributed by atoms with van der Waals surface area (Å²) < 4.78 is 18.8. The van der Waals surface area contributed by atoms with Crippen LogP contribution in [0, 0.1) is 11.7 Å². The molecule has 1 fully saturated rings. The number of hydrogen-bond donors (Lipinski definition) is 2. The Bertz CT molecular complexity index is 1150. The number of hydrogen-bond acceptors (Lipinski definition) is 4. The fourth-order valence-corrected chi connectivity index (χ4v) is 4.61. The standard InChI is InChI=1S/C30H33FN2O4.C2H6.H2/c31-26-11-6-23(7-12-26)20-32-30(36)29(25-4-2-1-3-5-25)33(21-24-16-18-37-19-17-24)28(35)15-10-22-8-13-27(34)14-9-22;1-2;/h1-9,11-14,24,29,34H,10,15-21H2,(H,32,36);1-2H3;1H. The van der Waals surface area contributed by atoms with Crippen molar-refractivity contribution in [2.45, 2.75) is 52.1 Å². The molecule has 0 spiro atoms. The molecule has 7 heteroatoms. The SMILES string of the molecule is CC.O=C(NCc1ccc(F)cc1)C(c1ccccc1)N(CC1CCOCC1)C(=O)CCc1ccc(O)cc1.[HH]. The molecule has 39 heavy (non-hydrogen) atoms. The highest BCUT2D eigenvalue weighted by atomic mass is 19.1. The first-order valence-electron chi connectivity index (χ1n) is 13.7. The van der Waals surface area contributed by atoms with Crippen LogP contribution in [0.15, 0.2) is 78.9 Å². The van der Waals surface area contributed by atoms with Crippen molar-refractivity contribution in [1.82, 2.24) is 10.2 Å². The fourth-order valence-electron chi connectivity index (χ4n) is 4.61. The summed E-state index contributed by atoms with van der Waals surface area (Å²) in [4.78, 5) is 29.1. The topological polar surface area (TPSA) is 78.9 Å². The first kappa shape index (κ1) is 29.8. The van der Waals surface area contributed by atoms with E-state index in [1.165, 1.54) is 12.1 Å². The molecule has 4 rings (SSSR count). The highest BCUT2D eigenvalue weighted by Crippen LogP contribution is 2.27. The summed E-state index contributed by atoms with van der Waals surface area (Å²) in [5.41, 5.74) is 2.45. The normalized spacial score (nSPS) is 14.0. The summed E-state index contributed by atoms with van der Waals surface area (Å²) in [5, 5.41) is 12.5. The van der Waals surface area contributed by atoms with E-state index < -0.39 is 6.04 Å². The highest BCUT2D eigenvalue weighted by Gasteiger charge is 2.33. The van der Waals surface area contributed by atoms with Gasteiger partial charge in [0, 0.05) is 34.2 Å². The zero-order valence-corrected chi connectivity index (χ0v) is 22.8. The number of amides is 2. The summed E-state index contributed by atoms with van der Waals surface area (Å²) in [6.45, 7) is 5.98. The second-order valence-electron chi connectivity index (χ2n) is 9.43. The minimum atomic E-state index is -0.795. The van der Waals surface area contributed by atoms with Gasteiger partial charge in [-0.3, -0.25) is 9.59 Å². The third-order valence-corrected chi connectivity index (χ3v) is 6.74. The van der Waals surface area contributed by atoms with Gasteiger partial charge in [-0.15, -0.1) is 0 Å². The number of nitrogens with one attached hydrogen (secondary N) is 1. The Morgan fingerprint density at radius 1 is 0.974 bits per heavy atom. The Labute approximate surface area is 232 Å². The average Bonchev–Trinajstić information content (AvgIpc) is 2.98. The quantitative estimate of drug-likeness (QED) is 0.331. The van der Waals surface area contributed by atoms with Crippen LogP contribution >= 0.6 is 0 Å². The van der Waals surface area contributed by atoms with E-state index in [2.05, 4.69) is 5.32 Å². The molecule has 1 aliphatic rings. The van der Waals surface area contributed by atoms with Gasteiger partial charge < -0.3 is 20.1 Å². The molecular formula is C32H41FN2O4. The lowest BCUT2D eigenvalue weighted by Gasteiger charge is -2.35. The molecule has 0 radical (unpaired) electrons. The summed E-state index contributed by atoms with van der Waals surface area (Å²) in [6.07, 6.45) is 2.41. The van der Waals surface area contributed by atoms with Gasteiger partial charge >= 0.3 is 0 Å². The number of aryl methyl sites for hydroxylation is 1. The first-order chi connectivity index (χ1) is 19.0. The highest BCUT2D eigenvalue weighted by molar-refractivity contribution is 5.88. The third-order valence-electron chi connectivity index (χ3n) is 6.74.